The zero-order valence-corrected chi connectivity index (χ0v) is 13.3. The van der Waals surface area contributed by atoms with E-state index in [1.54, 1.807) is 24.1 Å². The topological polar surface area (TPSA) is 49.4 Å². The summed E-state index contributed by atoms with van der Waals surface area (Å²) in [5, 5.41) is 3.59. The highest BCUT2D eigenvalue weighted by Gasteiger charge is 2.15. The summed E-state index contributed by atoms with van der Waals surface area (Å²) in [4.78, 5) is 25.3. The Balaban J connectivity index is 2.61. The van der Waals surface area contributed by atoms with Crippen LogP contribution in [0, 0.1) is 0 Å². The van der Waals surface area contributed by atoms with Crippen molar-refractivity contribution in [3.8, 4) is 0 Å². The normalized spacial score (nSPS) is 10.9. The third-order valence-electron chi connectivity index (χ3n) is 2.51. The van der Waals surface area contributed by atoms with Crippen molar-refractivity contribution in [2.24, 2.45) is 0 Å². The van der Waals surface area contributed by atoms with Gasteiger partial charge in [0.05, 0.1) is 18.1 Å². The maximum Gasteiger partial charge on any atom is 0.234 e. The summed E-state index contributed by atoms with van der Waals surface area (Å²) in [5.41, 5.74) is 0.371. The van der Waals surface area contributed by atoms with Crippen molar-refractivity contribution in [3.05, 3.63) is 33.8 Å². The monoisotopic (exact) mass is 316 g/mol. The summed E-state index contributed by atoms with van der Waals surface area (Å²) in [6.45, 7) is 4.03. The highest BCUT2D eigenvalue weighted by Crippen LogP contribution is 2.21. The van der Waals surface area contributed by atoms with Gasteiger partial charge < -0.3 is 5.32 Å². The number of rotatable bonds is 6. The third kappa shape index (κ3) is 5.49. The van der Waals surface area contributed by atoms with E-state index in [1.165, 1.54) is 6.07 Å². The number of likely N-dealkylation sites (N-methyl/N-ethyl adjacent to an activating group) is 1. The lowest BCUT2D eigenvalue weighted by Gasteiger charge is -2.17. The van der Waals surface area contributed by atoms with Gasteiger partial charge in [0.15, 0.2) is 5.78 Å². The molecule has 0 aliphatic carbocycles. The number of carbonyl (C=O) groups excluding carboxylic acids is 2. The van der Waals surface area contributed by atoms with Crippen LogP contribution in [0.15, 0.2) is 18.2 Å². The molecule has 0 fully saturated rings. The molecule has 0 aliphatic heterocycles. The molecule has 0 bridgehead atoms. The summed E-state index contributed by atoms with van der Waals surface area (Å²) in [5.74, 6) is -0.287. The molecule has 4 nitrogen and oxygen atoms in total. The fourth-order valence-corrected chi connectivity index (χ4v) is 2.11. The van der Waals surface area contributed by atoms with Crippen molar-refractivity contribution in [2.75, 3.05) is 20.1 Å². The van der Waals surface area contributed by atoms with Crippen LogP contribution >= 0.6 is 23.2 Å². The van der Waals surface area contributed by atoms with E-state index in [4.69, 9.17) is 23.2 Å². The van der Waals surface area contributed by atoms with Gasteiger partial charge in [-0.3, -0.25) is 14.5 Å². The lowest BCUT2D eigenvalue weighted by molar-refractivity contribution is -0.122. The number of nitrogens with one attached hydrogen (secondary N) is 1. The largest absolute Gasteiger partial charge is 0.353 e. The van der Waals surface area contributed by atoms with Crippen LogP contribution in [0.1, 0.15) is 24.2 Å². The number of hydrogen-bond donors (Lipinski definition) is 1. The lowest BCUT2D eigenvalue weighted by atomic mass is 10.1. The highest BCUT2D eigenvalue weighted by molar-refractivity contribution is 6.36. The van der Waals surface area contributed by atoms with Gasteiger partial charge >= 0.3 is 0 Å². The molecule has 0 saturated heterocycles. The molecule has 0 unspecified atom stereocenters. The predicted octanol–water partition coefficient (Wildman–Crippen LogP) is 2.63. The number of benzene rings is 1. The average Bonchev–Trinajstić information content (AvgIpc) is 2.30. The van der Waals surface area contributed by atoms with Crippen LogP contribution in [0.4, 0.5) is 0 Å². The molecule has 0 aliphatic rings. The van der Waals surface area contributed by atoms with Crippen LogP contribution in [0.25, 0.3) is 0 Å². The molecule has 110 valence electrons. The first-order valence-corrected chi connectivity index (χ1v) is 7.01. The molecule has 1 aromatic carbocycles. The minimum Gasteiger partial charge on any atom is -0.353 e. The number of carbonyl (C=O) groups is 2. The molecular formula is C14H18Cl2N2O2. The second-order valence-corrected chi connectivity index (χ2v) is 5.79. The Morgan fingerprint density at radius 2 is 1.90 bits per heavy atom. The smallest absolute Gasteiger partial charge is 0.234 e. The number of nitrogens with zero attached hydrogens (tertiary/aromatic N) is 1. The molecule has 1 N–H and O–H groups in total. The second-order valence-electron chi connectivity index (χ2n) is 4.94. The number of amides is 1. The van der Waals surface area contributed by atoms with Crippen LogP contribution in [0.3, 0.4) is 0 Å². The van der Waals surface area contributed by atoms with E-state index in [-0.39, 0.29) is 30.8 Å². The van der Waals surface area contributed by atoms with Crippen LogP contribution in [0.2, 0.25) is 10.0 Å². The van der Waals surface area contributed by atoms with Crippen LogP contribution in [-0.4, -0.2) is 42.8 Å². The van der Waals surface area contributed by atoms with Crippen molar-refractivity contribution in [1.29, 1.82) is 0 Å². The molecule has 0 spiro atoms. The Morgan fingerprint density at radius 3 is 2.50 bits per heavy atom. The Labute approximate surface area is 129 Å². The minimum absolute atomic E-state index is 0.0778. The van der Waals surface area contributed by atoms with Crippen molar-refractivity contribution < 1.29 is 9.59 Å². The van der Waals surface area contributed by atoms with Gasteiger partial charge in [-0.15, -0.1) is 0 Å². The maximum atomic E-state index is 12.1. The van der Waals surface area contributed by atoms with Gasteiger partial charge in [-0.25, -0.2) is 0 Å². The molecule has 0 radical (unpaired) electrons. The van der Waals surface area contributed by atoms with Crippen molar-refractivity contribution in [3.63, 3.8) is 0 Å². The second kappa shape index (κ2) is 7.62. The molecule has 0 atom stereocenters. The first-order chi connectivity index (χ1) is 9.29. The molecule has 1 aromatic rings. The van der Waals surface area contributed by atoms with E-state index < -0.39 is 0 Å². The first kappa shape index (κ1) is 17.0. The quantitative estimate of drug-likeness (QED) is 0.821. The van der Waals surface area contributed by atoms with Gasteiger partial charge in [0.25, 0.3) is 0 Å². The van der Waals surface area contributed by atoms with Crippen LogP contribution in [-0.2, 0) is 4.79 Å². The van der Waals surface area contributed by atoms with Gasteiger partial charge in [-0.05, 0) is 39.1 Å². The summed E-state index contributed by atoms with van der Waals surface area (Å²) in [6.07, 6.45) is 0. The van der Waals surface area contributed by atoms with Gasteiger partial charge in [-0.1, -0.05) is 23.2 Å². The maximum absolute atomic E-state index is 12.1. The van der Waals surface area contributed by atoms with Crippen molar-refractivity contribution in [2.45, 2.75) is 19.9 Å². The number of halogens is 2. The first-order valence-electron chi connectivity index (χ1n) is 6.25. The van der Waals surface area contributed by atoms with E-state index in [0.717, 1.165) is 0 Å². The lowest BCUT2D eigenvalue weighted by Crippen LogP contribution is -2.40. The van der Waals surface area contributed by atoms with Crippen LogP contribution < -0.4 is 5.32 Å². The predicted molar refractivity (Wildman–Crippen MR) is 81.6 cm³/mol. The standard InChI is InChI=1S/C14H18Cl2N2O2/c1-9(2)17-14(20)8-18(3)7-13(19)11-6-10(15)4-5-12(11)16/h4-6,9H,7-8H2,1-3H3,(H,17,20). The Kier molecular flexibility index (Phi) is 6.46. The van der Waals surface area contributed by atoms with E-state index in [0.29, 0.717) is 15.6 Å². The van der Waals surface area contributed by atoms with Crippen molar-refractivity contribution >= 4 is 34.9 Å². The minimum atomic E-state index is -0.169. The molecule has 0 saturated carbocycles. The molecule has 1 rings (SSSR count). The van der Waals surface area contributed by atoms with E-state index in [9.17, 15) is 9.59 Å². The van der Waals surface area contributed by atoms with Crippen molar-refractivity contribution in [1.82, 2.24) is 10.2 Å². The summed E-state index contributed by atoms with van der Waals surface area (Å²) in [6, 6.07) is 4.83. The molecule has 20 heavy (non-hydrogen) atoms. The zero-order chi connectivity index (χ0) is 15.3. The SMILES string of the molecule is CC(C)NC(=O)CN(C)CC(=O)c1cc(Cl)ccc1Cl. The molecule has 6 heteroatoms. The molecule has 0 heterocycles. The fraction of sp³-hybridized carbons (Fsp3) is 0.429. The van der Waals surface area contributed by atoms with Gasteiger partial charge in [-0.2, -0.15) is 0 Å². The van der Waals surface area contributed by atoms with E-state index >= 15 is 0 Å². The fourth-order valence-electron chi connectivity index (χ4n) is 1.71. The van der Waals surface area contributed by atoms with E-state index in [1.807, 2.05) is 13.8 Å². The third-order valence-corrected chi connectivity index (χ3v) is 3.07. The number of hydrogen-bond acceptors (Lipinski definition) is 3. The summed E-state index contributed by atoms with van der Waals surface area (Å²) in [7, 11) is 1.70. The van der Waals surface area contributed by atoms with E-state index in [2.05, 4.69) is 5.32 Å². The summed E-state index contributed by atoms with van der Waals surface area (Å²) < 4.78 is 0. The molecule has 1 amide bonds. The number of ketones is 1. The Morgan fingerprint density at radius 1 is 1.25 bits per heavy atom. The highest BCUT2D eigenvalue weighted by atomic mass is 35.5. The molecular weight excluding hydrogens is 299 g/mol. The van der Waals surface area contributed by atoms with Gasteiger partial charge in [0.1, 0.15) is 0 Å². The van der Waals surface area contributed by atoms with Gasteiger partial charge in [0, 0.05) is 16.6 Å². The van der Waals surface area contributed by atoms with Crippen LogP contribution in [0.5, 0.6) is 0 Å². The summed E-state index contributed by atoms with van der Waals surface area (Å²) >= 11 is 11.8. The average molecular weight is 317 g/mol. The van der Waals surface area contributed by atoms with Gasteiger partial charge in [0.2, 0.25) is 5.91 Å². The number of Topliss-reactive ketones (excluding diaryl/α,β-unsaturated/α-hetero) is 1. The Bertz CT molecular complexity index is 504. The Hall–Kier alpha value is -1.10. The molecule has 0 aromatic heterocycles. The zero-order valence-electron chi connectivity index (χ0n) is 11.7.